The molecule has 1 amide bonds. The minimum Gasteiger partial charge on any atom is -0.431 e. The third-order valence-corrected chi connectivity index (χ3v) is 6.22. The van der Waals surface area contributed by atoms with E-state index in [4.69, 9.17) is 9.40 Å². The second kappa shape index (κ2) is 10.3. The average molecular weight is 443 g/mol. The molecule has 0 saturated carbocycles. The maximum atomic E-state index is 12.5. The Labute approximate surface area is 193 Å². The molecule has 162 valence electrons. The molecule has 0 radical (unpaired) electrons. The number of hydrogen-bond acceptors (Lipinski definition) is 4. The molecule has 1 unspecified atom stereocenters. The van der Waals surface area contributed by atoms with Crippen LogP contribution in [0.3, 0.4) is 0 Å². The zero-order valence-electron chi connectivity index (χ0n) is 18.2. The number of carbonyl (C=O) groups excluding carboxylic acids is 1. The van der Waals surface area contributed by atoms with Gasteiger partial charge in [0.05, 0.1) is 5.75 Å². The molecule has 4 nitrogen and oxygen atoms in total. The molecule has 0 spiro atoms. The number of oxazole rings is 1. The van der Waals surface area contributed by atoms with Gasteiger partial charge in [-0.15, -0.1) is 0 Å². The molecule has 4 rings (SSSR count). The van der Waals surface area contributed by atoms with Gasteiger partial charge in [0.2, 0.25) is 5.91 Å². The van der Waals surface area contributed by atoms with Crippen molar-refractivity contribution < 1.29 is 9.21 Å². The van der Waals surface area contributed by atoms with Gasteiger partial charge in [0.25, 0.3) is 5.22 Å². The number of carbonyl (C=O) groups is 1. The van der Waals surface area contributed by atoms with Crippen LogP contribution in [0.1, 0.15) is 31.7 Å². The summed E-state index contributed by atoms with van der Waals surface area (Å²) in [5, 5.41) is 3.43. The van der Waals surface area contributed by atoms with Crippen molar-refractivity contribution in [2.75, 3.05) is 11.1 Å². The summed E-state index contributed by atoms with van der Waals surface area (Å²) in [7, 11) is 0. The van der Waals surface area contributed by atoms with Crippen LogP contribution < -0.4 is 5.32 Å². The number of nitrogens with zero attached hydrogens (tertiary/aromatic N) is 1. The molecular formula is C27H26N2O2S. The maximum Gasteiger partial charge on any atom is 0.257 e. The van der Waals surface area contributed by atoms with Gasteiger partial charge in [0.1, 0.15) is 5.69 Å². The minimum atomic E-state index is -0.0907. The van der Waals surface area contributed by atoms with E-state index in [0.29, 0.717) is 16.9 Å². The predicted octanol–water partition coefficient (Wildman–Crippen LogP) is 7.25. The highest BCUT2D eigenvalue weighted by atomic mass is 32.2. The molecular weight excluding hydrogens is 416 g/mol. The molecule has 0 aliphatic heterocycles. The lowest BCUT2D eigenvalue weighted by Gasteiger charge is -2.10. The van der Waals surface area contributed by atoms with Crippen LogP contribution >= 0.6 is 11.8 Å². The molecule has 5 heteroatoms. The van der Waals surface area contributed by atoms with Crippen molar-refractivity contribution in [3.63, 3.8) is 0 Å². The van der Waals surface area contributed by atoms with Gasteiger partial charge in [-0.3, -0.25) is 4.79 Å². The van der Waals surface area contributed by atoms with Crippen LogP contribution in [0.25, 0.3) is 22.6 Å². The standard InChI is InChI=1S/C27H26N2O2S/c1-3-19(2)20-14-16-23(17-15-20)28-24(30)18-32-27-29-25(21-10-6-4-7-11-21)26(31-27)22-12-8-5-9-13-22/h4-17,19H,3,18H2,1-2H3,(H,28,30). The molecule has 0 aliphatic carbocycles. The van der Waals surface area contributed by atoms with Gasteiger partial charge in [-0.25, -0.2) is 4.98 Å². The van der Waals surface area contributed by atoms with Gasteiger partial charge >= 0.3 is 0 Å². The molecule has 1 N–H and O–H groups in total. The van der Waals surface area contributed by atoms with Crippen molar-refractivity contribution in [1.82, 2.24) is 4.98 Å². The first-order chi connectivity index (χ1) is 15.6. The quantitative estimate of drug-likeness (QED) is 0.292. The molecule has 0 saturated heterocycles. The first-order valence-corrected chi connectivity index (χ1v) is 11.8. The van der Waals surface area contributed by atoms with Crippen molar-refractivity contribution in [2.24, 2.45) is 0 Å². The summed E-state index contributed by atoms with van der Waals surface area (Å²) < 4.78 is 6.08. The number of anilines is 1. The number of nitrogens with one attached hydrogen (secondary N) is 1. The highest BCUT2D eigenvalue weighted by Crippen LogP contribution is 2.35. The molecule has 0 aliphatic rings. The fourth-order valence-electron chi connectivity index (χ4n) is 3.39. The monoisotopic (exact) mass is 442 g/mol. The molecule has 0 fully saturated rings. The first kappa shape index (κ1) is 21.9. The summed E-state index contributed by atoms with van der Waals surface area (Å²) >= 11 is 1.29. The summed E-state index contributed by atoms with van der Waals surface area (Å²) in [6.45, 7) is 4.38. The van der Waals surface area contributed by atoms with Crippen molar-refractivity contribution >= 4 is 23.4 Å². The van der Waals surface area contributed by atoms with Crippen molar-refractivity contribution in [2.45, 2.75) is 31.4 Å². The average Bonchev–Trinajstić information content (AvgIpc) is 3.28. The maximum absolute atomic E-state index is 12.5. The van der Waals surface area contributed by atoms with Crippen molar-refractivity contribution in [1.29, 1.82) is 0 Å². The lowest BCUT2D eigenvalue weighted by molar-refractivity contribution is -0.113. The van der Waals surface area contributed by atoms with E-state index in [2.05, 4.69) is 31.3 Å². The number of rotatable bonds is 8. The first-order valence-electron chi connectivity index (χ1n) is 10.8. The summed E-state index contributed by atoms with van der Waals surface area (Å²) in [6, 6.07) is 27.9. The molecule has 1 heterocycles. The number of thioether (sulfide) groups is 1. The Bertz CT molecular complexity index is 1100. The van der Waals surface area contributed by atoms with Crippen molar-refractivity contribution in [3.05, 3.63) is 90.5 Å². The van der Waals surface area contributed by atoms with E-state index in [1.165, 1.54) is 17.3 Å². The Kier molecular flexibility index (Phi) is 7.07. The van der Waals surface area contributed by atoms with E-state index in [9.17, 15) is 4.79 Å². The smallest absolute Gasteiger partial charge is 0.257 e. The third kappa shape index (κ3) is 5.29. The fourth-order valence-corrected chi connectivity index (χ4v) is 4.02. The van der Waals surface area contributed by atoms with Crippen molar-refractivity contribution in [3.8, 4) is 22.6 Å². The van der Waals surface area contributed by atoms with Crippen LogP contribution in [0.5, 0.6) is 0 Å². The Balaban J connectivity index is 1.46. The summed E-state index contributed by atoms with van der Waals surface area (Å²) in [6.07, 6.45) is 1.09. The van der Waals surface area contributed by atoms with Gasteiger partial charge in [-0.05, 0) is 30.0 Å². The molecule has 4 aromatic rings. The number of aromatic nitrogens is 1. The molecule has 0 bridgehead atoms. The van der Waals surface area contributed by atoms with Crippen LogP contribution in [-0.4, -0.2) is 16.6 Å². The van der Waals surface area contributed by atoms with Gasteiger partial charge in [-0.1, -0.05) is 98.4 Å². The van der Waals surface area contributed by atoms with E-state index in [0.717, 1.165) is 28.9 Å². The van der Waals surface area contributed by atoms with E-state index < -0.39 is 0 Å². The Morgan fingerprint density at radius 2 is 1.56 bits per heavy atom. The third-order valence-electron chi connectivity index (χ3n) is 5.39. The SMILES string of the molecule is CCC(C)c1ccc(NC(=O)CSc2nc(-c3ccccc3)c(-c3ccccc3)o2)cc1. The number of hydrogen-bond donors (Lipinski definition) is 1. The predicted molar refractivity (Wildman–Crippen MR) is 132 cm³/mol. The summed E-state index contributed by atoms with van der Waals surface area (Å²) in [5.41, 5.74) is 4.79. The lowest BCUT2D eigenvalue weighted by Crippen LogP contribution is -2.14. The zero-order valence-corrected chi connectivity index (χ0v) is 19.1. The zero-order chi connectivity index (χ0) is 22.3. The fraction of sp³-hybridized carbons (Fsp3) is 0.185. The molecule has 3 aromatic carbocycles. The van der Waals surface area contributed by atoms with Gasteiger partial charge in [0, 0.05) is 16.8 Å². The number of amides is 1. The van der Waals surface area contributed by atoms with Crippen LogP contribution in [0.4, 0.5) is 5.69 Å². The normalized spacial score (nSPS) is 11.8. The minimum absolute atomic E-state index is 0.0907. The summed E-state index contributed by atoms with van der Waals surface area (Å²) in [5.74, 6) is 1.35. The number of benzene rings is 3. The van der Waals surface area contributed by atoms with E-state index in [1.807, 2.05) is 72.8 Å². The van der Waals surface area contributed by atoms with E-state index >= 15 is 0 Å². The Hall–Kier alpha value is -3.31. The second-order valence-electron chi connectivity index (χ2n) is 7.66. The van der Waals surface area contributed by atoms with Gasteiger partial charge in [-0.2, -0.15) is 0 Å². The topological polar surface area (TPSA) is 55.1 Å². The highest BCUT2D eigenvalue weighted by molar-refractivity contribution is 7.99. The van der Waals surface area contributed by atoms with Crippen LogP contribution in [0.2, 0.25) is 0 Å². The van der Waals surface area contributed by atoms with Gasteiger partial charge < -0.3 is 9.73 Å². The lowest BCUT2D eigenvalue weighted by atomic mass is 9.99. The Morgan fingerprint density at radius 3 is 2.19 bits per heavy atom. The largest absolute Gasteiger partial charge is 0.431 e. The van der Waals surface area contributed by atoms with Gasteiger partial charge in [0.15, 0.2) is 5.76 Å². The second-order valence-corrected chi connectivity index (χ2v) is 8.58. The Morgan fingerprint density at radius 1 is 0.938 bits per heavy atom. The van der Waals surface area contributed by atoms with E-state index in [1.54, 1.807) is 0 Å². The summed E-state index contributed by atoms with van der Waals surface area (Å²) in [4.78, 5) is 17.2. The van der Waals surface area contributed by atoms with Crippen LogP contribution in [0, 0.1) is 0 Å². The molecule has 1 aromatic heterocycles. The highest BCUT2D eigenvalue weighted by Gasteiger charge is 2.18. The molecule has 32 heavy (non-hydrogen) atoms. The van der Waals surface area contributed by atoms with Crippen LogP contribution in [-0.2, 0) is 4.79 Å². The van der Waals surface area contributed by atoms with Crippen LogP contribution in [0.15, 0.2) is 94.6 Å². The molecule has 1 atom stereocenters. The van der Waals surface area contributed by atoms with E-state index in [-0.39, 0.29) is 11.7 Å².